The van der Waals surface area contributed by atoms with Crippen molar-refractivity contribution in [1.82, 2.24) is 18.7 Å². The highest BCUT2D eigenvalue weighted by molar-refractivity contribution is 5.40. The van der Waals surface area contributed by atoms with E-state index in [1.54, 1.807) is 12.4 Å². The summed E-state index contributed by atoms with van der Waals surface area (Å²) in [4.78, 5) is 24.9. The molecular formula is C16H16N4O2. The molecule has 1 aliphatic rings. The van der Waals surface area contributed by atoms with E-state index in [4.69, 9.17) is 0 Å². The third-order valence-electron chi connectivity index (χ3n) is 4.09. The van der Waals surface area contributed by atoms with Crippen molar-refractivity contribution in [3.63, 3.8) is 0 Å². The van der Waals surface area contributed by atoms with E-state index in [-0.39, 0.29) is 16.9 Å². The van der Waals surface area contributed by atoms with Crippen LogP contribution in [0, 0.1) is 12.8 Å². The normalized spacial score (nSPS) is 14.6. The molecule has 6 heteroatoms. The zero-order valence-corrected chi connectivity index (χ0v) is 12.3. The molecule has 0 saturated heterocycles. The predicted molar refractivity (Wildman–Crippen MR) is 82.5 cm³/mol. The third-order valence-corrected chi connectivity index (χ3v) is 4.09. The maximum absolute atomic E-state index is 12.6. The molecule has 0 aliphatic heterocycles. The van der Waals surface area contributed by atoms with Gasteiger partial charge < -0.3 is 0 Å². The molecule has 1 aliphatic carbocycles. The first-order valence-corrected chi connectivity index (χ1v) is 7.41. The molecule has 1 saturated carbocycles. The molecule has 1 aromatic carbocycles. The Labute approximate surface area is 126 Å². The third kappa shape index (κ3) is 2.07. The van der Waals surface area contributed by atoms with Gasteiger partial charge in [0.15, 0.2) is 0 Å². The van der Waals surface area contributed by atoms with Crippen molar-refractivity contribution in [2.75, 3.05) is 0 Å². The molecule has 4 rings (SSSR count). The van der Waals surface area contributed by atoms with Gasteiger partial charge in [-0.15, -0.1) is 5.10 Å². The van der Waals surface area contributed by atoms with Gasteiger partial charge in [0, 0.05) is 24.6 Å². The van der Waals surface area contributed by atoms with Crippen LogP contribution >= 0.6 is 0 Å². The summed E-state index contributed by atoms with van der Waals surface area (Å²) >= 11 is 0. The van der Waals surface area contributed by atoms with Gasteiger partial charge in [-0.2, -0.15) is 0 Å². The SMILES string of the molecule is Cc1ccc(-n2ccn3c(=O)n(CC4CC4)nc3c2=O)cc1. The molecule has 2 heterocycles. The predicted octanol–water partition coefficient (Wildman–Crippen LogP) is 1.37. The van der Waals surface area contributed by atoms with Crippen LogP contribution in [0.5, 0.6) is 0 Å². The van der Waals surface area contributed by atoms with Crippen molar-refractivity contribution >= 4 is 5.65 Å². The van der Waals surface area contributed by atoms with E-state index in [1.807, 2.05) is 31.2 Å². The lowest BCUT2D eigenvalue weighted by Gasteiger charge is -2.05. The van der Waals surface area contributed by atoms with Crippen LogP contribution in [-0.2, 0) is 6.54 Å². The summed E-state index contributed by atoms with van der Waals surface area (Å²) in [5.74, 6) is 0.530. The lowest BCUT2D eigenvalue weighted by molar-refractivity contribution is 0.545. The van der Waals surface area contributed by atoms with E-state index < -0.39 is 0 Å². The lowest BCUT2D eigenvalue weighted by atomic mass is 10.2. The van der Waals surface area contributed by atoms with Crippen molar-refractivity contribution in [1.29, 1.82) is 0 Å². The van der Waals surface area contributed by atoms with E-state index in [0.29, 0.717) is 12.5 Å². The maximum Gasteiger partial charge on any atom is 0.350 e. The van der Waals surface area contributed by atoms with Gasteiger partial charge in [0.25, 0.3) is 0 Å². The monoisotopic (exact) mass is 296 g/mol. The first-order valence-electron chi connectivity index (χ1n) is 7.41. The Morgan fingerprint density at radius 2 is 1.86 bits per heavy atom. The van der Waals surface area contributed by atoms with E-state index in [9.17, 15) is 9.59 Å². The fraction of sp³-hybridized carbons (Fsp3) is 0.312. The van der Waals surface area contributed by atoms with Gasteiger partial charge in [-0.05, 0) is 37.8 Å². The van der Waals surface area contributed by atoms with Gasteiger partial charge in [-0.3, -0.25) is 9.36 Å². The summed E-state index contributed by atoms with van der Waals surface area (Å²) in [5.41, 5.74) is 1.55. The second-order valence-electron chi connectivity index (χ2n) is 5.91. The largest absolute Gasteiger partial charge is 0.350 e. The smallest absolute Gasteiger partial charge is 0.280 e. The van der Waals surface area contributed by atoms with Crippen LogP contribution in [0.3, 0.4) is 0 Å². The van der Waals surface area contributed by atoms with Crippen molar-refractivity contribution in [2.24, 2.45) is 5.92 Å². The molecule has 0 radical (unpaired) electrons. The minimum Gasteiger partial charge on any atom is -0.280 e. The van der Waals surface area contributed by atoms with Crippen LogP contribution in [-0.4, -0.2) is 18.7 Å². The molecule has 22 heavy (non-hydrogen) atoms. The Balaban J connectivity index is 1.88. The van der Waals surface area contributed by atoms with E-state index >= 15 is 0 Å². The number of benzene rings is 1. The Bertz CT molecular complexity index is 958. The van der Waals surface area contributed by atoms with Crippen molar-refractivity contribution in [2.45, 2.75) is 26.3 Å². The Morgan fingerprint density at radius 3 is 2.55 bits per heavy atom. The molecule has 1 fully saturated rings. The van der Waals surface area contributed by atoms with Crippen LogP contribution in [0.1, 0.15) is 18.4 Å². The molecule has 0 spiro atoms. The van der Waals surface area contributed by atoms with E-state index in [1.165, 1.54) is 13.6 Å². The van der Waals surface area contributed by atoms with Gasteiger partial charge >= 0.3 is 11.2 Å². The summed E-state index contributed by atoms with van der Waals surface area (Å²) in [6, 6.07) is 7.66. The van der Waals surface area contributed by atoms with Gasteiger partial charge in [0.2, 0.25) is 5.65 Å². The summed E-state index contributed by atoms with van der Waals surface area (Å²) < 4.78 is 4.26. The first kappa shape index (κ1) is 13.1. The van der Waals surface area contributed by atoms with Crippen LogP contribution in [0.2, 0.25) is 0 Å². The zero-order valence-electron chi connectivity index (χ0n) is 12.3. The number of aromatic nitrogens is 4. The second-order valence-corrected chi connectivity index (χ2v) is 5.91. The quantitative estimate of drug-likeness (QED) is 0.733. The molecule has 112 valence electrons. The van der Waals surface area contributed by atoms with Crippen LogP contribution in [0.25, 0.3) is 11.3 Å². The molecule has 3 aromatic rings. The van der Waals surface area contributed by atoms with Crippen molar-refractivity contribution in [3.05, 3.63) is 63.1 Å². The minimum atomic E-state index is -0.280. The summed E-state index contributed by atoms with van der Waals surface area (Å²) in [6.45, 7) is 2.60. The number of rotatable bonds is 3. The van der Waals surface area contributed by atoms with Gasteiger partial charge in [-0.25, -0.2) is 13.9 Å². The fourth-order valence-corrected chi connectivity index (χ4v) is 2.58. The number of nitrogens with zero attached hydrogens (tertiary/aromatic N) is 4. The second kappa shape index (κ2) is 4.69. The number of hydrogen-bond acceptors (Lipinski definition) is 3. The van der Waals surface area contributed by atoms with Crippen LogP contribution in [0.15, 0.2) is 46.2 Å². The molecule has 6 nitrogen and oxygen atoms in total. The highest BCUT2D eigenvalue weighted by Crippen LogP contribution is 2.29. The average Bonchev–Trinajstić information content (AvgIpc) is 3.27. The highest BCUT2D eigenvalue weighted by atomic mass is 16.2. The Kier molecular flexibility index (Phi) is 2.79. The topological polar surface area (TPSA) is 61.3 Å². The van der Waals surface area contributed by atoms with E-state index in [2.05, 4.69) is 5.10 Å². The minimum absolute atomic E-state index is 0.175. The lowest BCUT2D eigenvalue weighted by Crippen LogP contribution is -2.24. The molecule has 0 unspecified atom stereocenters. The molecule has 0 N–H and O–H groups in total. The zero-order chi connectivity index (χ0) is 15.3. The number of aryl methyl sites for hydroxylation is 1. The summed E-state index contributed by atoms with van der Waals surface area (Å²) in [7, 11) is 0. The van der Waals surface area contributed by atoms with Gasteiger partial charge in [0.1, 0.15) is 0 Å². The summed E-state index contributed by atoms with van der Waals surface area (Å²) in [6.07, 6.45) is 5.49. The standard InChI is InChI=1S/C16H16N4O2/c1-11-2-6-13(7-3-11)18-8-9-19-14(15(18)21)17-20(16(19)22)10-12-4-5-12/h2-3,6-9,12H,4-5,10H2,1H3. The maximum atomic E-state index is 12.6. The molecular weight excluding hydrogens is 280 g/mol. The summed E-state index contributed by atoms with van der Waals surface area (Å²) in [5, 5.41) is 4.23. The molecule has 0 amide bonds. The van der Waals surface area contributed by atoms with Crippen LogP contribution < -0.4 is 11.2 Å². The number of hydrogen-bond donors (Lipinski definition) is 0. The van der Waals surface area contributed by atoms with Crippen LogP contribution in [0.4, 0.5) is 0 Å². The fourth-order valence-electron chi connectivity index (χ4n) is 2.58. The first-order chi connectivity index (χ1) is 10.6. The molecule has 0 bridgehead atoms. The highest BCUT2D eigenvalue weighted by Gasteiger charge is 2.24. The molecule has 0 atom stereocenters. The Morgan fingerprint density at radius 1 is 1.14 bits per heavy atom. The molecule has 2 aromatic heterocycles. The number of fused-ring (bicyclic) bond motifs is 1. The van der Waals surface area contributed by atoms with Crippen molar-refractivity contribution in [3.8, 4) is 5.69 Å². The average molecular weight is 296 g/mol. The van der Waals surface area contributed by atoms with Gasteiger partial charge in [0.05, 0.1) is 0 Å². The van der Waals surface area contributed by atoms with Crippen molar-refractivity contribution < 1.29 is 0 Å². The van der Waals surface area contributed by atoms with Gasteiger partial charge in [-0.1, -0.05) is 17.7 Å². The van der Waals surface area contributed by atoms with E-state index in [0.717, 1.165) is 24.1 Å². The Hall–Kier alpha value is -2.63.